The maximum absolute atomic E-state index is 14.2. The number of nitrogens with zero attached hydrogens (tertiary/aromatic N) is 2. The molecule has 9 heteroatoms. The van der Waals surface area contributed by atoms with E-state index in [9.17, 15) is 30.7 Å². The Morgan fingerprint density at radius 1 is 0.850 bits per heavy atom. The number of aromatic nitrogens is 1. The molecular weight excluding hydrogens is 533 g/mol. The summed E-state index contributed by atoms with van der Waals surface area (Å²) in [6, 6.07) is 15.3. The molecule has 0 saturated carbocycles. The highest BCUT2D eigenvalue weighted by atomic mass is 19.4. The number of alkyl halides is 7. The second kappa shape index (κ2) is 11.4. The molecule has 1 fully saturated rings. The summed E-state index contributed by atoms with van der Waals surface area (Å²) in [4.78, 5) is 5.63. The van der Waals surface area contributed by atoms with Gasteiger partial charge in [0, 0.05) is 31.4 Å². The lowest BCUT2D eigenvalue weighted by Gasteiger charge is -2.39. The maximum Gasteiger partial charge on any atom is 0.433 e. The van der Waals surface area contributed by atoms with Crippen molar-refractivity contribution < 1.29 is 30.7 Å². The molecule has 1 aliphatic carbocycles. The van der Waals surface area contributed by atoms with E-state index >= 15 is 0 Å². The van der Waals surface area contributed by atoms with Crippen molar-refractivity contribution >= 4 is 11.1 Å². The van der Waals surface area contributed by atoms with E-state index in [1.54, 1.807) is 0 Å². The van der Waals surface area contributed by atoms with Crippen LogP contribution in [0.2, 0.25) is 0 Å². The van der Waals surface area contributed by atoms with Crippen LogP contribution in [0.5, 0.6) is 0 Å². The number of pyridine rings is 1. The molecule has 1 aliphatic heterocycles. The normalized spacial score (nSPS) is 17.0. The van der Waals surface area contributed by atoms with Gasteiger partial charge in [0.05, 0.1) is 12.2 Å². The Bertz CT molecular complexity index is 1370. The summed E-state index contributed by atoms with van der Waals surface area (Å²) in [5.41, 5.74) is 1.27. The molecule has 2 nitrogen and oxygen atoms in total. The van der Waals surface area contributed by atoms with Crippen LogP contribution in [0.15, 0.2) is 60.8 Å². The van der Waals surface area contributed by atoms with E-state index in [1.807, 2.05) is 48.5 Å². The predicted molar refractivity (Wildman–Crippen MR) is 140 cm³/mol. The predicted octanol–water partition coefficient (Wildman–Crippen LogP) is 8.25. The van der Waals surface area contributed by atoms with Gasteiger partial charge in [-0.05, 0) is 77.5 Å². The first-order valence-corrected chi connectivity index (χ1v) is 13.4. The van der Waals surface area contributed by atoms with Crippen LogP contribution in [-0.4, -0.2) is 36.2 Å². The topological polar surface area (TPSA) is 16.1 Å². The van der Waals surface area contributed by atoms with Crippen molar-refractivity contribution in [3.8, 4) is 0 Å². The average molecular weight is 563 g/mol. The largest absolute Gasteiger partial charge is 0.433 e. The zero-order valence-corrected chi connectivity index (χ0v) is 21.8. The van der Waals surface area contributed by atoms with E-state index in [-0.39, 0.29) is 24.7 Å². The number of aryl methyl sites for hydroxylation is 1. The van der Waals surface area contributed by atoms with Crippen molar-refractivity contribution in [3.05, 3.63) is 99.9 Å². The van der Waals surface area contributed by atoms with Crippen molar-refractivity contribution in [2.45, 2.75) is 44.5 Å². The second-order valence-corrected chi connectivity index (χ2v) is 10.5. The van der Waals surface area contributed by atoms with E-state index in [0.717, 1.165) is 48.9 Å². The van der Waals surface area contributed by atoms with Gasteiger partial charge in [0.2, 0.25) is 0 Å². The van der Waals surface area contributed by atoms with Crippen LogP contribution >= 0.6 is 0 Å². The fourth-order valence-corrected chi connectivity index (χ4v) is 5.82. The summed E-state index contributed by atoms with van der Waals surface area (Å²) in [6.07, 6.45) is -6.43. The first-order valence-electron chi connectivity index (χ1n) is 13.4. The average Bonchev–Trinajstić information content (AvgIpc) is 3.08. The second-order valence-electron chi connectivity index (χ2n) is 10.5. The molecule has 2 heterocycles. The Morgan fingerprint density at radius 3 is 2.25 bits per heavy atom. The Labute approximate surface area is 228 Å². The molecule has 5 rings (SSSR count). The van der Waals surface area contributed by atoms with Gasteiger partial charge in [0.15, 0.2) is 0 Å². The van der Waals surface area contributed by atoms with Crippen LogP contribution in [0.4, 0.5) is 30.7 Å². The SMILES string of the molecule is FCCCN1CC(Cc2ccc(C3=C(c4cnc(C(F)(F)F)cc4C(F)(F)F)CCCc4ccccc43)cc2)C1. The lowest BCUT2D eigenvalue weighted by Crippen LogP contribution is -2.47. The molecule has 0 unspecified atom stereocenters. The van der Waals surface area contributed by atoms with Gasteiger partial charge in [0.1, 0.15) is 5.69 Å². The molecular formula is C31H29F7N2. The zero-order valence-electron chi connectivity index (χ0n) is 21.8. The highest BCUT2D eigenvalue weighted by Gasteiger charge is 2.40. The van der Waals surface area contributed by atoms with Gasteiger partial charge in [-0.15, -0.1) is 0 Å². The Morgan fingerprint density at radius 2 is 1.57 bits per heavy atom. The van der Waals surface area contributed by atoms with Crippen molar-refractivity contribution in [3.63, 3.8) is 0 Å². The van der Waals surface area contributed by atoms with Crippen LogP contribution in [0.25, 0.3) is 11.1 Å². The number of rotatable bonds is 7. The number of benzene rings is 2. The van der Waals surface area contributed by atoms with Gasteiger partial charge in [0.25, 0.3) is 0 Å². The maximum atomic E-state index is 14.2. The quantitative estimate of drug-likeness (QED) is 0.270. The van der Waals surface area contributed by atoms with E-state index in [1.165, 1.54) is 0 Å². The van der Waals surface area contributed by atoms with E-state index < -0.39 is 23.6 Å². The molecule has 2 aromatic carbocycles. The summed E-state index contributed by atoms with van der Waals surface area (Å²) < 4.78 is 94.8. The van der Waals surface area contributed by atoms with Crippen LogP contribution in [-0.2, 0) is 25.2 Å². The number of halogens is 7. The van der Waals surface area contributed by atoms with Crippen molar-refractivity contribution in [2.75, 3.05) is 26.3 Å². The van der Waals surface area contributed by atoms with Crippen LogP contribution in [0, 0.1) is 5.92 Å². The van der Waals surface area contributed by atoms with Crippen molar-refractivity contribution in [2.24, 2.45) is 5.92 Å². The lowest BCUT2D eigenvalue weighted by atomic mass is 9.85. The van der Waals surface area contributed by atoms with Crippen LogP contribution in [0.1, 0.15) is 58.3 Å². The lowest BCUT2D eigenvalue weighted by molar-refractivity contribution is -0.145. The number of allylic oxidation sites excluding steroid dienone is 1. The number of likely N-dealkylation sites (tertiary alicyclic amines) is 1. The molecule has 1 aromatic heterocycles. The molecule has 1 saturated heterocycles. The number of hydrogen-bond acceptors (Lipinski definition) is 2. The van der Waals surface area contributed by atoms with E-state index in [2.05, 4.69) is 9.88 Å². The minimum atomic E-state index is -4.99. The van der Waals surface area contributed by atoms with Gasteiger partial charge in [-0.1, -0.05) is 48.5 Å². The molecule has 3 aromatic rings. The van der Waals surface area contributed by atoms with Gasteiger partial charge in [-0.2, -0.15) is 26.3 Å². The Kier molecular flexibility index (Phi) is 8.04. The third-order valence-corrected chi connectivity index (χ3v) is 7.69. The molecule has 0 amide bonds. The highest BCUT2D eigenvalue weighted by Crippen LogP contribution is 2.45. The minimum absolute atomic E-state index is 0.120. The summed E-state index contributed by atoms with van der Waals surface area (Å²) in [5.74, 6) is 0.464. The zero-order chi connectivity index (χ0) is 28.5. The van der Waals surface area contributed by atoms with Gasteiger partial charge < -0.3 is 4.90 Å². The van der Waals surface area contributed by atoms with Gasteiger partial charge in [-0.3, -0.25) is 9.37 Å². The summed E-state index contributed by atoms with van der Waals surface area (Å²) >= 11 is 0. The Hall–Kier alpha value is -3.20. The monoisotopic (exact) mass is 562 g/mol. The summed E-state index contributed by atoms with van der Waals surface area (Å²) in [5, 5.41) is 0. The molecule has 0 radical (unpaired) electrons. The molecule has 0 spiro atoms. The molecule has 0 N–H and O–H groups in total. The van der Waals surface area contributed by atoms with Gasteiger partial charge >= 0.3 is 12.4 Å². The molecule has 2 aliphatic rings. The fraction of sp³-hybridized carbons (Fsp3) is 0.387. The highest BCUT2D eigenvalue weighted by molar-refractivity contribution is 6.00. The molecule has 0 atom stereocenters. The summed E-state index contributed by atoms with van der Waals surface area (Å²) in [6.45, 7) is 2.24. The molecule has 40 heavy (non-hydrogen) atoms. The minimum Gasteiger partial charge on any atom is -0.303 e. The first kappa shape index (κ1) is 28.3. The number of fused-ring (bicyclic) bond motifs is 1. The van der Waals surface area contributed by atoms with E-state index in [4.69, 9.17) is 0 Å². The molecule has 0 bridgehead atoms. The van der Waals surface area contributed by atoms with Crippen LogP contribution in [0.3, 0.4) is 0 Å². The Balaban J connectivity index is 1.56. The van der Waals surface area contributed by atoms with Gasteiger partial charge in [-0.25, -0.2) is 0 Å². The van der Waals surface area contributed by atoms with E-state index in [0.29, 0.717) is 41.9 Å². The summed E-state index contributed by atoms with van der Waals surface area (Å²) in [7, 11) is 0. The standard InChI is InChI=1S/C31H29F7N2/c32-13-4-14-40-18-21(19-40)15-20-9-11-23(12-10-20)29-24-7-2-1-5-22(24)6-3-8-25(29)26-17-39-28(31(36,37)38)16-27(26)30(33,34)35/h1-2,5,7,9-12,16-17,21H,3-4,6,8,13-15,18-19H2. The van der Waals surface area contributed by atoms with Crippen molar-refractivity contribution in [1.82, 2.24) is 9.88 Å². The van der Waals surface area contributed by atoms with Crippen molar-refractivity contribution in [1.29, 1.82) is 0 Å². The smallest absolute Gasteiger partial charge is 0.303 e. The molecule has 212 valence electrons. The third kappa shape index (κ3) is 6.09. The fourth-order valence-electron chi connectivity index (χ4n) is 5.82. The first-order chi connectivity index (χ1) is 19.0. The van der Waals surface area contributed by atoms with Crippen LogP contribution < -0.4 is 0 Å². The number of hydrogen-bond donors (Lipinski definition) is 0. The third-order valence-electron chi connectivity index (χ3n) is 7.69.